The van der Waals surface area contributed by atoms with Crippen LogP contribution in [0.25, 0.3) is 0 Å². The van der Waals surface area contributed by atoms with Gasteiger partial charge in [0.1, 0.15) is 18.6 Å². The molecule has 0 aliphatic heterocycles. The number of benzene rings is 2. The second-order valence-electron chi connectivity index (χ2n) is 8.27. The first-order valence-corrected chi connectivity index (χ1v) is 10.3. The molecular formula is C25H24N2O2. The molecule has 2 saturated carbocycles. The zero-order valence-electron chi connectivity index (χ0n) is 16.3. The second kappa shape index (κ2) is 7.43. The predicted octanol–water partition coefficient (Wildman–Crippen LogP) is 4.97. The Morgan fingerprint density at radius 1 is 0.966 bits per heavy atom. The van der Waals surface area contributed by atoms with Crippen LogP contribution >= 0.6 is 0 Å². The zero-order valence-corrected chi connectivity index (χ0v) is 16.3. The molecule has 1 unspecified atom stereocenters. The maximum atomic E-state index is 11.1. The highest BCUT2D eigenvalue weighted by Gasteiger charge is 2.52. The fraction of sp³-hybridized carbons (Fsp3) is 0.320. The van der Waals surface area contributed by atoms with E-state index in [1.54, 1.807) is 18.5 Å². The van der Waals surface area contributed by atoms with Gasteiger partial charge in [0, 0.05) is 23.4 Å². The van der Waals surface area contributed by atoms with Gasteiger partial charge in [-0.2, -0.15) is 0 Å². The highest BCUT2D eigenvalue weighted by molar-refractivity contribution is 5.74. The first-order valence-electron chi connectivity index (χ1n) is 10.3. The van der Waals surface area contributed by atoms with E-state index < -0.39 is 0 Å². The lowest BCUT2D eigenvalue weighted by Gasteiger charge is -2.39. The third-order valence-electron chi connectivity index (χ3n) is 6.77. The minimum atomic E-state index is 0.0470. The Labute approximate surface area is 171 Å². The van der Waals surface area contributed by atoms with E-state index in [1.807, 2.05) is 12.1 Å². The van der Waals surface area contributed by atoms with E-state index in [2.05, 4.69) is 46.4 Å². The average molecular weight is 384 g/mol. The summed E-state index contributed by atoms with van der Waals surface area (Å²) in [4.78, 5) is 19.5. The largest absolute Gasteiger partial charge is 0.486 e. The minimum Gasteiger partial charge on any atom is -0.486 e. The Bertz CT molecular complexity index is 986. The molecule has 2 fully saturated rings. The Balaban J connectivity index is 1.43. The van der Waals surface area contributed by atoms with E-state index >= 15 is 0 Å². The van der Waals surface area contributed by atoms with Crippen molar-refractivity contribution >= 4 is 6.29 Å². The molecule has 0 N–H and O–H groups in total. The number of ether oxygens (including phenoxy) is 1. The van der Waals surface area contributed by atoms with Crippen molar-refractivity contribution in [3.63, 3.8) is 0 Å². The summed E-state index contributed by atoms with van der Waals surface area (Å²) in [5.41, 5.74) is 3.47. The van der Waals surface area contributed by atoms with Gasteiger partial charge in [-0.3, -0.25) is 4.79 Å². The molecule has 2 aliphatic rings. The molecule has 0 radical (unpaired) electrons. The fourth-order valence-electron chi connectivity index (χ4n) is 5.46. The third kappa shape index (κ3) is 3.23. The molecule has 29 heavy (non-hydrogen) atoms. The molecule has 2 aliphatic carbocycles. The molecule has 3 aromatic rings. The Hall–Kier alpha value is -3.01. The summed E-state index contributed by atoms with van der Waals surface area (Å²) in [7, 11) is 0. The van der Waals surface area contributed by atoms with Crippen LogP contribution in [0.1, 0.15) is 53.0 Å². The van der Waals surface area contributed by atoms with Crippen molar-refractivity contribution in [2.45, 2.75) is 37.7 Å². The van der Waals surface area contributed by atoms with Crippen LogP contribution < -0.4 is 4.74 Å². The lowest BCUT2D eigenvalue weighted by atomic mass is 9.64. The van der Waals surface area contributed by atoms with Gasteiger partial charge in [-0.25, -0.2) is 9.97 Å². The molecule has 0 spiro atoms. The van der Waals surface area contributed by atoms with Crippen molar-refractivity contribution in [2.24, 2.45) is 11.8 Å². The number of aldehydes is 1. The molecule has 2 bridgehead atoms. The summed E-state index contributed by atoms with van der Waals surface area (Å²) in [6.07, 6.45) is 9.49. The SMILES string of the molecule is O=Cc1ccc([C@]2(c3ccc(OCc4ncccn4)cc3)CC3CC[C@@H]2C3)cc1. The monoisotopic (exact) mass is 384 g/mol. The van der Waals surface area contributed by atoms with Crippen LogP contribution in [0.3, 0.4) is 0 Å². The lowest BCUT2D eigenvalue weighted by molar-refractivity contribution is 0.112. The quantitative estimate of drug-likeness (QED) is 0.563. The summed E-state index contributed by atoms with van der Waals surface area (Å²) in [6, 6.07) is 18.6. The van der Waals surface area contributed by atoms with E-state index in [4.69, 9.17) is 4.74 Å². The topological polar surface area (TPSA) is 52.1 Å². The Kier molecular flexibility index (Phi) is 4.62. The molecule has 0 amide bonds. The van der Waals surface area contributed by atoms with Gasteiger partial charge >= 0.3 is 0 Å². The zero-order chi connectivity index (χ0) is 19.7. The number of nitrogens with zero attached hydrogens (tertiary/aromatic N) is 2. The molecule has 5 rings (SSSR count). The number of carbonyl (C=O) groups excluding carboxylic acids is 1. The van der Waals surface area contributed by atoms with Crippen molar-refractivity contribution in [3.8, 4) is 5.75 Å². The van der Waals surface area contributed by atoms with Crippen molar-refractivity contribution < 1.29 is 9.53 Å². The number of hydrogen-bond acceptors (Lipinski definition) is 4. The van der Waals surface area contributed by atoms with Crippen molar-refractivity contribution in [3.05, 3.63) is 89.5 Å². The molecule has 146 valence electrons. The second-order valence-corrected chi connectivity index (χ2v) is 8.27. The summed E-state index contributed by atoms with van der Waals surface area (Å²) in [5.74, 6) is 2.98. The molecule has 4 heteroatoms. The van der Waals surface area contributed by atoms with Gasteiger partial charge in [-0.1, -0.05) is 42.8 Å². The third-order valence-corrected chi connectivity index (χ3v) is 6.77. The molecule has 4 nitrogen and oxygen atoms in total. The maximum absolute atomic E-state index is 11.1. The normalized spacial score (nSPS) is 25.1. The van der Waals surface area contributed by atoms with E-state index in [9.17, 15) is 4.79 Å². The van der Waals surface area contributed by atoms with Crippen LogP contribution in [0.5, 0.6) is 5.75 Å². The average Bonchev–Trinajstić information content (AvgIpc) is 3.41. The number of hydrogen-bond donors (Lipinski definition) is 0. The van der Waals surface area contributed by atoms with Gasteiger partial charge < -0.3 is 4.74 Å². The maximum Gasteiger partial charge on any atom is 0.166 e. The number of aromatic nitrogens is 2. The number of carbonyl (C=O) groups is 1. The summed E-state index contributed by atoms with van der Waals surface area (Å²) >= 11 is 0. The molecule has 1 aromatic heterocycles. The summed E-state index contributed by atoms with van der Waals surface area (Å²) in [6.45, 7) is 0.364. The van der Waals surface area contributed by atoms with E-state index in [-0.39, 0.29) is 5.41 Å². The molecule has 0 saturated heterocycles. The summed E-state index contributed by atoms with van der Waals surface area (Å²) < 4.78 is 5.88. The molecule has 1 heterocycles. The number of fused-ring (bicyclic) bond motifs is 2. The highest BCUT2D eigenvalue weighted by atomic mass is 16.5. The Morgan fingerprint density at radius 3 is 2.24 bits per heavy atom. The van der Waals surface area contributed by atoms with Crippen LogP contribution in [-0.2, 0) is 12.0 Å². The van der Waals surface area contributed by atoms with E-state index in [0.717, 1.165) is 23.5 Å². The van der Waals surface area contributed by atoms with Gasteiger partial charge in [-0.15, -0.1) is 0 Å². The first-order chi connectivity index (χ1) is 14.3. The molecule has 2 aromatic carbocycles. The van der Waals surface area contributed by atoms with Gasteiger partial charge in [0.15, 0.2) is 5.82 Å². The first kappa shape index (κ1) is 18.0. The lowest BCUT2D eigenvalue weighted by Crippen LogP contribution is -2.34. The van der Waals surface area contributed by atoms with Gasteiger partial charge in [0.05, 0.1) is 0 Å². The van der Waals surface area contributed by atoms with E-state index in [1.165, 1.54) is 36.8 Å². The Morgan fingerprint density at radius 2 is 1.66 bits per heavy atom. The van der Waals surface area contributed by atoms with Crippen LogP contribution in [0, 0.1) is 11.8 Å². The van der Waals surface area contributed by atoms with Crippen molar-refractivity contribution in [2.75, 3.05) is 0 Å². The smallest absolute Gasteiger partial charge is 0.166 e. The van der Waals surface area contributed by atoms with Gasteiger partial charge in [0.2, 0.25) is 0 Å². The van der Waals surface area contributed by atoms with E-state index in [0.29, 0.717) is 18.3 Å². The van der Waals surface area contributed by atoms with Crippen LogP contribution in [0.4, 0.5) is 0 Å². The van der Waals surface area contributed by atoms with Crippen LogP contribution in [0.15, 0.2) is 67.0 Å². The van der Waals surface area contributed by atoms with Gasteiger partial charge in [0.25, 0.3) is 0 Å². The van der Waals surface area contributed by atoms with Crippen molar-refractivity contribution in [1.29, 1.82) is 0 Å². The summed E-state index contributed by atoms with van der Waals surface area (Å²) in [5, 5.41) is 0. The molecule has 3 atom stereocenters. The standard InChI is InChI=1S/C25H24N2O2/c28-16-18-2-5-20(6-3-18)25(15-19-4-7-22(25)14-19)21-8-10-23(11-9-21)29-17-24-26-12-1-13-27-24/h1-3,5-6,8-13,16,19,22H,4,7,14-15,17H2/t19?,22-,25+/m1/s1. The van der Waals surface area contributed by atoms with Gasteiger partial charge in [-0.05, 0) is 60.4 Å². The molecular weight excluding hydrogens is 360 g/mol. The highest BCUT2D eigenvalue weighted by Crippen LogP contribution is 2.60. The number of rotatable bonds is 6. The van der Waals surface area contributed by atoms with Crippen LogP contribution in [0.2, 0.25) is 0 Å². The minimum absolute atomic E-state index is 0.0470. The van der Waals surface area contributed by atoms with Crippen molar-refractivity contribution in [1.82, 2.24) is 9.97 Å². The predicted molar refractivity (Wildman–Crippen MR) is 111 cm³/mol. The van der Waals surface area contributed by atoms with Crippen LogP contribution in [-0.4, -0.2) is 16.3 Å². The fourth-order valence-corrected chi connectivity index (χ4v) is 5.46.